The molecule has 0 bridgehead atoms. The number of amides is 1. The molecule has 128 valence electrons. The predicted molar refractivity (Wildman–Crippen MR) is 102 cm³/mol. The first-order chi connectivity index (χ1) is 12.2. The minimum absolute atomic E-state index is 0.0716. The molecule has 4 nitrogen and oxygen atoms in total. The first-order valence-corrected chi connectivity index (χ1v) is 9.44. The normalized spacial score (nSPS) is 16.3. The van der Waals surface area contributed by atoms with E-state index in [9.17, 15) is 4.79 Å². The fraction of sp³-hybridized carbons (Fsp3) is 0.250. The predicted octanol–water partition coefficient (Wildman–Crippen LogP) is 4.15. The van der Waals surface area contributed by atoms with E-state index in [2.05, 4.69) is 22.4 Å². The molecule has 2 heterocycles. The lowest BCUT2D eigenvalue weighted by molar-refractivity contribution is 0.0943. The summed E-state index contributed by atoms with van der Waals surface area (Å²) in [4.78, 5) is 16.7. The number of thioether (sulfide) groups is 1. The van der Waals surface area contributed by atoms with Crippen LogP contribution in [0.2, 0.25) is 0 Å². The van der Waals surface area contributed by atoms with Crippen LogP contribution in [0.1, 0.15) is 22.5 Å². The molecule has 1 unspecified atom stereocenters. The van der Waals surface area contributed by atoms with E-state index in [0.717, 1.165) is 28.8 Å². The van der Waals surface area contributed by atoms with Crippen molar-refractivity contribution in [2.45, 2.75) is 24.3 Å². The molecule has 25 heavy (non-hydrogen) atoms. The van der Waals surface area contributed by atoms with Crippen LogP contribution < -0.4 is 10.1 Å². The number of ether oxygens (including phenoxy) is 1. The number of aromatic nitrogens is 1. The Morgan fingerprint density at radius 1 is 1.28 bits per heavy atom. The van der Waals surface area contributed by atoms with E-state index < -0.39 is 0 Å². The molecule has 3 aromatic rings. The average Bonchev–Trinajstić information content (AvgIpc) is 3.05. The molecule has 2 N–H and O–H groups in total. The van der Waals surface area contributed by atoms with E-state index in [1.807, 2.05) is 55.1 Å². The van der Waals surface area contributed by atoms with Gasteiger partial charge < -0.3 is 15.0 Å². The summed E-state index contributed by atoms with van der Waals surface area (Å²) in [6, 6.07) is 16.1. The molecule has 0 spiro atoms. The molecule has 1 amide bonds. The van der Waals surface area contributed by atoms with Gasteiger partial charge >= 0.3 is 0 Å². The smallest absolute Gasteiger partial charge is 0.267 e. The molecule has 0 saturated heterocycles. The van der Waals surface area contributed by atoms with Crippen molar-refractivity contribution < 1.29 is 9.53 Å². The van der Waals surface area contributed by atoms with Gasteiger partial charge in [-0.25, -0.2) is 0 Å². The summed E-state index contributed by atoms with van der Waals surface area (Å²) in [5.41, 5.74) is 2.77. The molecule has 0 fully saturated rings. The molecule has 1 atom stereocenters. The van der Waals surface area contributed by atoms with Crippen molar-refractivity contribution in [1.29, 1.82) is 0 Å². The van der Waals surface area contributed by atoms with Crippen molar-refractivity contribution in [3.63, 3.8) is 0 Å². The summed E-state index contributed by atoms with van der Waals surface area (Å²) in [6.45, 7) is 2.65. The fourth-order valence-electron chi connectivity index (χ4n) is 3.02. The van der Waals surface area contributed by atoms with E-state index in [1.165, 1.54) is 10.5 Å². The largest absolute Gasteiger partial charge is 0.488 e. The molecule has 0 aliphatic carbocycles. The number of para-hydroxylation sites is 1. The summed E-state index contributed by atoms with van der Waals surface area (Å²) in [7, 11) is 0. The van der Waals surface area contributed by atoms with Gasteiger partial charge in [0.15, 0.2) is 0 Å². The summed E-state index contributed by atoms with van der Waals surface area (Å²) >= 11 is 1.81. The highest BCUT2D eigenvalue weighted by Crippen LogP contribution is 2.35. The van der Waals surface area contributed by atoms with Crippen molar-refractivity contribution in [2.24, 2.45) is 0 Å². The van der Waals surface area contributed by atoms with Crippen LogP contribution in [-0.2, 0) is 0 Å². The SMILES string of the molecule is Cc1ccc2[nH]c(C(=O)NCCC3CSc4ccccc4O3)cc2c1. The second-order valence-electron chi connectivity index (χ2n) is 6.32. The Labute approximate surface area is 151 Å². The maximum atomic E-state index is 12.4. The van der Waals surface area contributed by atoms with Crippen molar-refractivity contribution >= 4 is 28.6 Å². The van der Waals surface area contributed by atoms with E-state index in [1.54, 1.807) is 0 Å². The molecular formula is C20H20N2O2S. The Morgan fingerprint density at radius 3 is 3.08 bits per heavy atom. The Balaban J connectivity index is 1.33. The number of benzene rings is 2. The Kier molecular flexibility index (Phi) is 4.40. The van der Waals surface area contributed by atoms with Crippen LogP contribution in [0, 0.1) is 6.92 Å². The van der Waals surface area contributed by atoms with E-state index in [-0.39, 0.29) is 12.0 Å². The number of hydrogen-bond acceptors (Lipinski definition) is 3. The first kappa shape index (κ1) is 16.1. The third-order valence-corrected chi connectivity index (χ3v) is 5.53. The lowest BCUT2D eigenvalue weighted by Crippen LogP contribution is -2.31. The summed E-state index contributed by atoms with van der Waals surface area (Å²) in [5, 5.41) is 4.05. The molecule has 2 aromatic carbocycles. The molecule has 1 aliphatic rings. The number of carbonyl (C=O) groups excluding carboxylic acids is 1. The highest BCUT2D eigenvalue weighted by Gasteiger charge is 2.20. The standard InChI is InChI=1S/C20H20N2O2S/c1-13-6-7-16-14(10-13)11-17(22-16)20(23)21-9-8-15-12-25-19-5-3-2-4-18(19)24-15/h2-7,10-11,15,22H,8-9,12H2,1H3,(H,21,23). The number of nitrogens with one attached hydrogen (secondary N) is 2. The number of hydrogen-bond donors (Lipinski definition) is 2. The monoisotopic (exact) mass is 352 g/mol. The molecule has 4 rings (SSSR count). The summed E-state index contributed by atoms with van der Waals surface area (Å²) < 4.78 is 6.00. The highest BCUT2D eigenvalue weighted by molar-refractivity contribution is 7.99. The van der Waals surface area contributed by atoms with Crippen LogP contribution in [0.5, 0.6) is 5.75 Å². The van der Waals surface area contributed by atoms with Crippen LogP contribution in [0.3, 0.4) is 0 Å². The zero-order valence-electron chi connectivity index (χ0n) is 14.0. The topological polar surface area (TPSA) is 54.1 Å². The quantitative estimate of drug-likeness (QED) is 0.742. The van der Waals surface area contributed by atoms with Crippen molar-refractivity contribution in [3.05, 3.63) is 59.8 Å². The zero-order valence-corrected chi connectivity index (χ0v) is 14.9. The minimum atomic E-state index is -0.0716. The molecule has 0 saturated carbocycles. The van der Waals surface area contributed by atoms with Gasteiger partial charge in [0.2, 0.25) is 0 Å². The number of fused-ring (bicyclic) bond motifs is 2. The van der Waals surface area contributed by atoms with Gasteiger partial charge in [-0.05, 0) is 37.3 Å². The van der Waals surface area contributed by atoms with Crippen molar-refractivity contribution in [2.75, 3.05) is 12.3 Å². The number of carbonyl (C=O) groups is 1. The average molecular weight is 352 g/mol. The third-order valence-electron chi connectivity index (χ3n) is 4.34. The van der Waals surface area contributed by atoms with Crippen LogP contribution in [0.25, 0.3) is 10.9 Å². The van der Waals surface area contributed by atoms with Gasteiger partial charge in [0, 0.05) is 34.5 Å². The van der Waals surface area contributed by atoms with Gasteiger partial charge in [0.05, 0.1) is 0 Å². The van der Waals surface area contributed by atoms with Crippen LogP contribution in [0.4, 0.5) is 0 Å². The summed E-state index contributed by atoms with van der Waals surface area (Å²) in [5.74, 6) is 1.79. The van der Waals surface area contributed by atoms with E-state index in [0.29, 0.717) is 12.2 Å². The van der Waals surface area contributed by atoms with Gasteiger partial charge in [-0.3, -0.25) is 4.79 Å². The van der Waals surface area contributed by atoms with E-state index >= 15 is 0 Å². The second-order valence-corrected chi connectivity index (χ2v) is 7.38. The van der Waals surface area contributed by atoms with Gasteiger partial charge in [-0.15, -0.1) is 11.8 Å². The van der Waals surface area contributed by atoms with Crippen molar-refractivity contribution in [1.82, 2.24) is 10.3 Å². The highest BCUT2D eigenvalue weighted by atomic mass is 32.2. The lowest BCUT2D eigenvalue weighted by atomic mass is 10.2. The number of aryl methyl sites for hydroxylation is 1. The number of H-pyrrole nitrogens is 1. The van der Waals surface area contributed by atoms with E-state index in [4.69, 9.17) is 4.74 Å². The summed E-state index contributed by atoms with van der Waals surface area (Å²) in [6.07, 6.45) is 0.928. The molecule has 5 heteroatoms. The number of rotatable bonds is 4. The molecule has 1 aromatic heterocycles. The van der Waals surface area contributed by atoms with Gasteiger partial charge in [0.25, 0.3) is 5.91 Å². The number of aromatic amines is 1. The maximum absolute atomic E-state index is 12.4. The minimum Gasteiger partial charge on any atom is -0.488 e. The lowest BCUT2D eigenvalue weighted by Gasteiger charge is -2.25. The second kappa shape index (κ2) is 6.84. The maximum Gasteiger partial charge on any atom is 0.267 e. The molecule has 0 radical (unpaired) electrons. The van der Waals surface area contributed by atoms with Gasteiger partial charge in [0.1, 0.15) is 17.5 Å². The zero-order chi connectivity index (χ0) is 17.2. The van der Waals surface area contributed by atoms with Crippen LogP contribution in [-0.4, -0.2) is 29.3 Å². The van der Waals surface area contributed by atoms with Crippen molar-refractivity contribution in [3.8, 4) is 5.75 Å². The van der Waals surface area contributed by atoms with Crippen LogP contribution in [0.15, 0.2) is 53.4 Å². The first-order valence-electron chi connectivity index (χ1n) is 8.45. The van der Waals surface area contributed by atoms with Gasteiger partial charge in [-0.2, -0.15) is 0 Å². The fourth-order valence-corrected chi connectivity index (χ4v) is 4.05. The Morgan fingerprint density at radius 2 is 2.16 bits per heavy atom. The Hall–Kier alpha value is -2.40. The van der Waals surface area contributed by atoms with Gasteiger partial charge in [-0.1, -0.05) is 23.8 Å². The Bertz CT molecular complexity index is 919. The van der Waals surface area contributed by atoms with Crippen LogP contribution >= 0.6 is 11.8 Å². The molecule has 1 aliphatic heterocycles. The third kappa shape index (κ3) is 3.51. The molecular weight excluding hydrogens is 332 g/mol.